The van der Waals surface area contributed by atoms with E-state index in [1.54, 1.807) is 114 Å². The lowest BCUT2D eigenvalue weighted by Gasteiger charge is -2.32. The van der Waals surface area contributed by atoms with Gasteiger partial charge in [-0.1, -0.05) is 114 Å². The Morgan fingerprint density at radius 2 is 0.856 bits per heavy atom. The summed E-state index contributed by atoms with van der Waals surface area (Å²) in [7, 11) is 0. The first-order valence-corrected chi connectivity index (χ1v) is 41.3. The van der Waals surface area contributed by atoms with Crippen LogP contribution in [0, 0.1) is 35.5 Å². The topological polar surface area (TPSA) is 611 Å². The number of primary amides is 1. The summed E-state index contributed by atoms with van der Waals surface area (Å²) in [5, 5.41) is 77.0. The quantitative estimate of drug-likeness (QED) is 0.0277. The van der Waals surface area contributed by atoms with E-state index in [0.717, 1.165) is 6.92 Å². The minimum atomic E-state index is -1.86. The number of amides is 16. The van der Waals surface area contributed by atoms with Gasteiger partial charge in [0.1, 0.15) is 90.6 Å². The Balaban J connectivity index is 1.74. The van der Waals surface area contributed by atoms with E-state index in [1.165, 1.54) is 11.8 Å². The second-order valence-corrected chi connectivity index (χ2v) is 32.3. The number of likely N-dealkylation sites (tertiary alicyclic amines) is 1. The first-order chi connectivity index (χ1) is 55.3. The van der Waals surface area contributed by atoms with Crippen LogP contribution in [0.1, 0.15) is 147 Å². The molecule has 1 aliphatic rings. The van der Waals surface area contributed by atoms with Crippen molar-refractivity contribution >= 4 is 149 Å². The molecule has 0 unspecified atom stereocenters. The second kappa shape index (κ2) is 49.9. The van der Waals surface area contributed by atoms with E-state index >= 15 is 0 Å². The fourth-order valence-electron chi connectivity index (χ4n) is 12.6. The number of carbonyl (C=O) groups excluding carboxylic acids is 16. The van der Waals surface area contributed by atoms with Crippen LogP contribution < -0.4 is 85.9 Å². The van der Waals surface area contributed by atoms with Gasteiger partial charge in [0.2, 0.25) is 94.5 Å². The van der Waals surface area contributed by atoms with Crippen LogP contribution in [-0.4, -0.2) is 271 Å². The van der Waals surface area contributed by atoms with Crippen LogP contribution in [0.25, 0.3) is 10.9 Å². The number of rotatable bonds is 50. The molecule has 0 aliphatic carbocycles. The molecule has 1 aliphatic heterocycles. The summed E-state index contributed by atoms with van der Waals surface area (Å²) in [4.78, 5) is 237. The Kier molecular flexibility index (Phi) is 43.5. The number of aromatic nitrogens is 1. The van der Waals surface area contributed by atoms with Crippen LogP contribution in [0.3, 0.4) is 0 Å². The number of carboxylic acids is 1. The third-order valence-electron chi connectivity index (χ3n) is 19.9. The van der Waals surface area contributed by atoms with Gasteiger partial charge in [0, 0.05) is 47.3 Å². The molecular weight excluding hydrogens is 1600 g/mol. The third-order valence-corrected chi connectivity index (χ3v) is 21.0. The van der Waals surface area contributed by atoms with E-state index in [1.807, 2.05) is 0 Å². The van der Waals surface area contributed by atoms with E-state index in [0.29, 0.717) is 35.7 Å². The molecule has 23 N–H and O–H groups in total. The zero-order valence-corrected chi connectivity index (χ0v) is 71.9. The van der Waals surface area contributed by atoms with Crippen molar-refractivity contribution in [1.29, 1.82) is 0 Å². The van der Waals surface area contributed by atoms with E-state index in [-0.39, 0.29) is 44.1 Å². The van der Waals surface area contributed by atoms with Gasteiger partial charge in [-0.05, 0) is 86.7 Å². The molecule has 19 atom stereocenters. The number of carboxylic acid groups (broad SMARTS) is 1. The first kappa shape index (κ1) is 103. The van der Waals surface area contributed by atoms with Crippen molar-refractivity contribution in [3.8, 4) is 0 Å². The largest absolute Gasteiger partial charge is 0.480 e. The number of aromatic amines is 1. The molecule has 118 heavy (non-hydrogen) atoms. The molecule has 0 bridgehead atoms. The molecule has 0 spiro atoms. The molecule has 0 saturated carbocycles. The molecule has 1 saturated heterocycles. The second-order valence-electron chi connectivity index (χ2n) is 31.2. The summed E-state index contributed by atoms with van der Waals surface area (Å²) >= 11 is 12.6. The Bertz CT molecular complexity index is 3810. The van der Waals surface area contributed by atoms with Crippen molar-refractivity contribution < 1.29 is 102 Å². The molecule has 0 radical (unpaired) electrons. The van der Waals surface area contributed by atoms with Gasteiger partial charge in [-0.2, -0.15) is 37.9 Å². The Morgan fingerprint density at radius 1 is 0.475 bits per heavy atom. The van der Waals surface area contributed by atoms with Gasteiger partial charge in [-0.15, -0.1) is 0 Å². The van der Waals surface area contributed by atoms with Gasteiger partial charge in [-0.25, -0.2) is 4.79 Å². The summed E-state index contributed by atoms with van der Waals surface area (Å²) in [6.45, 7) is 20.5. The molecule has 2 heterocycles. The number of aliphatic hydroxyl groups excluding tert-OH is 3. The average Bonchev–Trinajstić information content (AvgIpc) is 1.64. The minimum Gasteiger partial charge on any atom is -0.480 e. The summed E-state index contributed by atoms with van der Waals surface area (Å²) < 4.78 is 0. The third kappa shape index (κ3) is 31.4. The zero-order chi connectivity index (χ0) is 89.4. The smallest absolute Gasteiger partial charge is 0.326 e. The van der Waals surface area contributed by atoms with Crippen LogP contribution >= 0.6 is 37.9 Å². The maximum atomic E-state index is 14.9. The standard InChI is InChI=1S/C76H124N18O21S3/c1-15-38(11)58(72(110)83-48(76(114)115)25-35(5)6)91-69(107)54-22-19-23-94(54)75(113)47(26-42-28-79-45-21-18-17-20-43(42)45)82-61(99)40(13)80-74(112)60(41(14)97)93-68(106)53(33-118)87-65(103)50(30-96)85-66(104)51(31-116)86-63(101)46(24-34(3)4)81-64(102)49(29-95)84-67(105)52(32-117)88-70(108)56(36(7)8)90-73(111)59(39(12)16-2)92-71(109)57(37(9)10)89-62(100)44(77)27-55(78)98/h17-18,20-21,28,34-41,44,46-54,56-60,79,95-97,116-118H,15-16,19,22-27,29-33,77H2,1-14H3,(H2,78,98)(H,80,112)(H,81,102)(H,82,99)(H,83,110)(H,84,105)(H,85,104)(H,86,101)(H,87,103)(H,88,108)(H,89,100)(H,90,111)(H,91,107)(H,92,109)(H,93,106)(H,114,115)/t38-,39-,40-,41+,44-,46-,47-,48-,49-,50-,51-,52-,53-,54-,56-,57-,58-,59-,60-/m0/s1. The molecule has 1 aromatic heterocycles. The molecule has 39 nitrogen and oxygen atoms in total. The number of hydrogen-bond acceptors (Lipinski definition) is 24. The summed E-state index contributed by atoms with van der Waals surface area (Å²) in [5.41, 5.74) is 12.3. The number of nitrogens with two attached hydrogens (primary N) is 2. The van der Waals surface area contributed by atoms with Crippen LogP contribution in [-0.2, 0) is 87.9 Å². The number of aliphatic carboxylic acids is 1. The lowest BCUT2D eigenvalue weighted by molar-refractivity contribution is -0.144. The van der Waals surface area contributed by atoms with Crippen LogP contribution in [0.2, 0.25) is 0 Å². The van der Waals surface area contributed by atoms with Gasteiger partial charge in [0.15, 0.2) is 0 Å². The number of carbonyl (C=O) groups is 17. The number of H-pyrrole nitrogens is 1. The number of nitrogens with zero attached hydrogens (tertiary/aromatic N) is 1. The SMILES string of the molecule is CC[C@H](C)[C@H](NC(=O)[C@@H](NC(=O)[C@@H](N)CC(N)=O)C(C)C)C(=O)N[C@H](C(=O)N[C@@H](CS)C(=O)N[C@@H](CO)C(=O)N[C@@H](CC(C)C)C(=O)N[C@@H](CS)C(=O)N[C@@H](CO)C(=O)N[C@@H](CS)C(=O)N[C@H](C(=O)N[C@@H](C)C(=O)N[C@@H](Cc1c[nH]c2ccccc12)C(=O)N1CCC[C@H]1C(=O)N[C@H](C(=O)N[C@@H](CC(C)C)C(=O)O)[C@@H](C)CC)[C@@H](C)O)C(C)C. The number of hydrogen-bond donors (Lipinski definition) is 24. The van der Waals surface area contributed by atoms with Gasteiger partial charge in [0.25, 0.3) is 0 Å². The van der Waals surface area contributed by atoms with Gasteiger partial charge < -0.3 is 116 Å². The molecular formula is C76H124N18O21S3. The molecule has 2 aromatic rings. The summed E-state index contributed by atoms with van der Waals surface area (Å²) in [5.74, 6) is -20.2. The molecule has 3 rings (SSSR count). The van der Waals surface area contributed by atoms with Gasteiger partial charge in [-0.3, -0.25) is 76.7 Å². The van der Waals surface area contributed by atoms with E-state index in [9.17, 15) is 102 Å². The van der Waals surface area contributed by atoms with Crippen LogP contribution in [0.15, 0.2) is 30.5 Å². The number of nitrogens with one attached hydrogen (secondary N) is 15. The fourth-order valence-corrected chi connectivity index (χ4v) is 13.3. The highest BCUT2D eigenvalue weighted by Crippen LogP contribution is 2.25. The maximum absolute atomic E-state index is 14.9. The number of thiol groups is 3. The number of para-hydroxylation sites is 1. The zero-order valence-electron chi connectivity index (χ0n) is 69.2. The summed E-state index contributed by atoms with van der Waals surface area (Å²) in [6, 6.07) is -16.3. The molecule has 16 amide bonds. The van der Waals surface area contributed by atoms with Gasteiger partial charge in [0.05, 0.1) is 31.8 Å². The molecule has 1 aromatic carbocycles. The number of benzene rings is 1. The number of fused-ring (bicyclic) bond motifs is 1. The Labute approximate surface area is 703 Å². The monoisotopic (exact) mass is 1720 g/mol. The van der Waals surface area contributed by atoms with E-state index in [4.69, 9.17) is 11.5 Å². The predicted molar refractivity (Wildman–Crippen MR) is 444 cm³/mol. The minimum absolute atomic E-state index is 0.0614. The van der Waals surface area contributed by atoms with E-state index < -0.39 is 264 Å². The van der Waals surface area contributed by atoms with E-state index in [2.05, 4.69) is 117 Å². The summed E-state index contributed by atoms with van der Waals surface area (Å²) in [6.07, 6.45) is 0.615. The molecule has 42 heteroatoms. The van der Waals surface area contributed by atoms with Crippen LogP contribution in [0.4, 0.5) is 0 Å². The van der Waals surface area contributed by atoms with Crippen molar-refractivity contribution in [3.63, 3.8) is 0 Å². The normalized spacial score (nSPS) is 17.4. The lowest BCUT2D eigenvalue weighted by atomic mass is 9.95. The maximum Gasteiger partial charge on any atom is 0.326 e. The Morgan fingerprint density at radius 3 is 1.32 bits per heavy atom. The molecule has 1 fully saturated rings. The average molecular weight is 1720 g/mol. The van der Waals surface area contributed by atoms with Crippen molar-refractivity contribution in [2.24, 2.45) is 47.0 Å². The van der Waals surface area contributed by atoms with Crippen molar-refractivity contribution in [3.05, 3.63) is 36.0 Å². The van der Waals surface area contributed by atoms with Crippen molar-refractivity contribution in [2.75, 3.05) is 37.0 Å². The highest BCUT2D eigenvalue weighted by molar-refractivity contribution is 7.80. The number of aliphatic hydroxyl groups is 3. The first-order valence-electron chi connectivity index (χ1n) is 39.4. The van der Waals surface area contributed by atoms with Crippen molar-refractivity contribution in [1.82, 2.24) is 84.3 Å². The Hall–Kier alpha value is -9.36. The highest BCUT2D eigenvalue weighted by atomic mass is 32.1. The van der Waals surface area contributed by atoms with Gasteiger partial charge >= 0.3 is 5.97 Å². The lowest BCUT2D eigenvalue weighted by Crippen LogP contribution is -2.63. The molecule has 662 valence electrons. The predicted octanol–water partition coefficient (Wildman–Crippen LogP) is -4.55. The van der Waals surface area contributed by atoms with Crippen molar-refractivity contribution in [2.45, 2.75) is 251 Å². The highest BCUT2D eigenvalue weighted by Gasteiger charge is 2.43. The van der Waals surface area contributed by atoms with Crippen LogP contribution in [0.5, 0.6) is 0 Å². The fraction of sp³-hybridized carbons (Fsp3) is 0.671.